The molecule has 2 atom stereocenters. The number of alkyl carbamates (subject to hydrolysis) is 1. The van der Waals surface area contributed by atoms with Gasteiger partial charge in [0, 0.05) is 6.04 Å². The molecule has 9 heteroatoms. The Morgan fingerprint density at radius 1 is 1.11 bits per heavy atom. The molecule has 0 heterocycles. The van der Waals surface area contributed by atoms with Crippen LogP contribution in [0.5, 0.6) is 0 Å². The Balaban J connectivity index is 2.00. The third-order valence-electron chi connectivity index (χ3n) is 6.43. The van der Waals surface area contributed by atoms with Gasteiger partial charge in [-0.3, -0.25) is 9.59 Å². The van der Waals surface area contributed by atoms with Crippen molar-refractivity contribution >= 4 is 47.0 Å². The van der Waals surface area contributed by atoms with Gasteiger partial charge in [-0.25, -0.2) is 4.79 Å². The second-order valence-corrected chi connectivity index (χ2v) is 11.9. The molecule has 2 unspecified atom stereocenters. The molecule has 2 aromatic carbocycles. The summed E-state index contributed by atoms with van der Waals surface area (Å²) in [6.45, 7) is 7.20. The lowest BCUT2D eigenvalue weighted by atomic mass is 9.88. The highest BCUT2D eigenvalue weighted by Gasteiger charge is 2.42. The number of hydrogen-bond donors (Lipinski definition) is 2. The summed E-state index contributed by atoms with van der Waals surface area (Å²) < 4.78 is 5.46. The van der Waals surface area contributed by atoms with Crippen molar-refractivity contribution in [2.45, 2.75) is 77.1 Å². The minimum absolute atomic E-state index is 0.122. The van der Waals surface area contributed by atoms with Gasteiger partial charge >= 0.3 is 6.09 Å². The van der Waals surface area contributed by atoms with Crippen molar-refractivity contribution in [3.05, 3.63) is 64.7 Å². The molecular formula is C29H38ClN3O4S. The summed E-state index contributed by atoms with van der Waals surface area (Å²) in [7, 11) is 0. The van der Waals surface area contributed by atoms with Crippen LogP contribution in [0.3, 0.4) is 0 Å². The van der Waals surface area contributed by atoms with Crippen LogP contribution in [0, 0.1) is 6.92 Å². The van der Waals surface area contributed by atoms with Gasteiger partial charge < -0.3 is 20.3 Å². The van der Waals surface area contributed by atoms with Crippen LogP contribution in [0.15, 0.2) is 48.5 Å². The lowest BCUT2D eigenvalue weighted by molar-refractivity contribution is -0.145. The minimum Gasteiger partial charge on any atom is -0.444 e. The number of ether oxygens (including phenoxy) is 1. The molecule has 1 aliphatic rings. The number of amides is 3. The molecule has 2 N–H and O–H groups in total. The van der Waals surface area contributed by atoms with Gasteiger partial charge in [0.1, 0.15) is 17.7 Å². The maximum absolute atomic E-state index is 14.2. The van der Waals surface area contributed by atoms with Crippen LogP contribution in [-0.2, 0) is 14.3 Å². The molecule has 3 amide bonds. The second kappa shape index (κ2) is 13.4. The topological polar surface area (TPSA) is 87.7 Å². The van der Waals surface area contributed by atoms with Crippen molar-refractivity contribution in [2.24, 2.45) is 0 Å². The average molecular weight is 560 g/mol. The van der Waals surface area contributed by atoms with Crippen LogP contribution in [0.25, 0.3) is 0 Å². The van der Waals surface area contributed by atoms with Gasteiger partial charge in [-0.2, -0.15) is 11.8 Å². The zero-order chi connectivity index (χ0) is 27.9. The number of nitrogens with zero attached hydrogens (tertiary/aromatic N) is 1. The van der Waals surface area contributed by atoms with Crippen LogP contribution >= 0.6 is 23.4 Å². The maximum Gasteiger partial charge on any atom is 0.408 e. The number of benzene rings is 2. The molecule has 0 bridgehead atoms. The third kappa shape index (κ3) is 7.90. The lowest BCUT2D eigenvalue weighted by Crippen LogP contribution is -2.57. The van der Waals surface area contributed by atoms with Gasteiger partial charge in [0.15, 0.2) is 0 Å². The number of aryl methyl sites for hydroxylation is 1. The Bertz CT molecular complexity index is 1100. The van der Waals surface area contributed by atoms with E-state index in [9.17, 15) is 14.4 Å². The van der Waals surface area contributed by atoms with Crippen molar-refractivity contribution in [1.29, 1.82) is 0 Å². The Labute approximate surface area is 235 Å². The SMILES string of the molecule is CSCCC(NC(=O)OC(C)(C)C)C(=O)N(C1CCC1)C(C(=O)Nc1c(C)cccc1Cl)c1ccccc1. The molecule has 3 rings (SSSR count). The predicted molar refractivity (Wildman–Crippen MR) is 155 cm³/mol. The molecule has 38 heavy (non-hydrogen) atoms. The molecule has 206 valence electrons. The van der Waals surface area contributed by atoms with Crippen LogP contribution in [-0.4, -0.2) is 52.5 Å². The highest BCUT2D eigenvalue weighted by Crippen LogP contribution is 2.35. The number of hydrogen-bond acceptors (Lipinski definition) is 5. The Morgan fingerprint density at radius 2 is 1.79 bits per heavy atom. The highest BCUT2D eigenvalue weighted by atomic mass is 35.5. The first-order valence-corrected chi connectivity index (χ1v) is 14.7. The van der Waals surface area contributed by atoms with E-state index in [4.69, 9.17) is 16.3 Å². The van der Waals surface area contributed by atoms with E-state index in [1.807, 2.05) is 55.6 Å². The van der Waals surface area contributed by atoms with E-state index in [1.54, 1.807) is 43.5 Å². The summed E-state index contributed by atoms with van der Waals surface area (Å²) >= 11 is 8.01. The molecular weight excluding hydrogens is 522 g/mol. The van der Waals surface area contributed by atoms with Gasteiger partial charge in [-0.1, -0.05) is 54.1 Å². The maximum atomic E-state index is 14.2. The van der Waals surface area contributed by atoms with Crippen molar-refractivity contribution in [2.75, 3.05) is 17.3 Å². The normalized spacial score (nSPS) is 15.1. The number of nitrogens with one attached hydrogen (secondary N) is 2. The lowest BCUT2D eigenvalue weighted by Gasteiger charge is -2.43. The summed E-state index contributed by atoms with van der Waals surface area (Å²) in [5.41, 5.74) is 1.33. The smallest absolute Gasteiger partial charge is 0.408 e. The van der Waals surface area contributed by atoms with E-state index in [1.165, 1.54) is 0 Å². The van der Waals surface area contributed by atoms with Crippen molar-refractivity contribution in [3.63, 3.8) is 0 Å². The third-order valence-corrected chi connectivity index (χ3v) is 7.39. The second-order valence-electron chi connectivity index (χ2n) is 10.5. The Morgan fingerprint density at radius 3 is 2.34 bits per heavy atom. The molecule has 1 fully saturated rings. The number of carbonyl (C=O) groups is 3. The molecule has 1 saturated carbocycles. The van der Waals surface area contributed by atoms with Crippen molar-refractivity contribution in [1.82, 2.24) is 10.2 Å². The monoisotopic (exact) mass is 559 g/mol. The van der Waals surface area contributed by atoms with E-state index in [0.717, 1.165) is 24.8 Å². The Kier molecular flexibility index (Phi) is 10.5. The van der Waals surface area contributed by atoms with Crippen molar-refractivity contribution in [3.8, 4) is 0 Å². The summed E-state index contributed by atoms with van der Waals surface area (Å²) in [6.07, 6.45) is 4.25. The largest absolute Gasteiger partial charge is 0.444 e. The summed E-state index contributed by atoms with van der Waals surface area (Å²) in [4.78, 5) is 42.6. The van der Waals surface area contributed by atoms with Crippen LogP contribution in [0.4, 0.5) is 10.5 Å². The van der Waals surface area contributed by atoms with E-state index in [-0.39, 0.29) is 17.9 Å². The molecule has 7 nitrogen and oxygen atoms in total. The number of rotatable bonds is 10. The van der Waals surface area contributed by atoms with Gasteiger partial charge in [0.05, 0.1) is 10.7 Å². The van der Waals surface area contributed by atoms with Crippen molar-refractivity contribution < 1.29 is 19.1 Å². The molecule has 0 aliphatic heterocycles. The van der Waals surface area contributed by atoms with Gasteiger partial charge in [0.25, 0.3) is 5.91 Å². The fourth-order valence-electron chi connectivity index (χ4n) is 4.36. The fourth-order valence-corrected chi connectivity index (χ4v) is 5.10. The first-order chi connectivity index (χ1) is 18.0. The van der Waals surface area contributed by atoms with Gasteiger partial charge in [0.2, 0.25) is 5.91 Å². The number of para-hydroxylation sites is 1. The van der Waals surface area contributed by atoms with E-state index in [2.05, 4.69) is 10.6 Å². The zero-order valence-corrected chi connectivity index (χ0v) is 24.3. The number of thioether (sulfide) groups is 1. The number of halogens is 1. The molecule has 2 aromatic rings. The van der Waals surface area contributed by atoms with E-state index < -0.39 is 23.8 Å². The molecule has 0 spiro atoms. The Hall–Kier alpha value is -2.71. The first-order valence-electron chi connectivity index (χ1n) is 12.9. The standard InChI is InChI=1S/C29H38ClN3O4S/c1-19-11-9-16-22(30)24(19)32-26(34)25(20-12-7-6-8-13-20)33(21-14-10-15-21)27(35)23(17-18-38-5)31-28(36)37-29(2,3)4/h6-9,11-13,16,21,23,25H,10,14-15,17-18H2,1-5H3,(H,31,36)(H,32,34). The van der Waals surface area contributed by atoms with E-state index in [0.29, 0.717) is 28.4 Å². The number of carbonyl (C=O) groups excluding carboxylic acids is 3. The average Bonchev–Trinajstić information content (AvgIpc) is 2.81. The summed E-state index contributed by atoms with van der Waals surface area (Å²) in [5.74, 6) is 0.00849. The molecule has 0 radical (unpaired) electrons. The number of anilines is 1. The van der Waals surface area contributed by atoms with E-state index >= 15 is 0 Å². The summed E-state index contributed by atoms with van der Waals surface area (Å²) in [5, 5.41) is 6.20. The van der Waals surface area contributed by atoms with Crippen LogP contribution in [0.2, 0.25) is 5.02 Å². The molecule has 0 aromatic heterocycles. The zero-order valence-electron chi connectivity index (χ0n) is 22.8. The quantitative estimate of drug-likeness (QED) is 0.354. The molecule has 1 aliphatic carbocycles. The van der Waals surface area contributed by atoms with Gasteiger partial charge in [-0.15, -0.1) is 0 Å². The minimum atomic E-state index is -0.901. The fraction of sp³-hybridized carbons (Fsp3) is 0.483. The predicted octanol–water partition coefficient (Wildman–Crippen LogP) is 6.36. The summed E-state index contributed by atoms with van der Waals surface area (Å²) in [6, 6.07) is 12.8. The highest BCUT2D eigenvalue weighted by molar-refractivity contribution is 7.98. The van der Waals surface area contributed by atoms with Crippen LogP contribution < -0.4 is 10.6 Å². The first kappa shape index (κ1) is 29.8. The molecule has 0 saturated heterocycles. The van der Waals surface area contributed by atoms with Gasteiger partial charge in [-0.05, 0) is 82.6 Å². The van der Waals surface area contributed by atoms with Crippen LogP contribution in [0.1, 0.15) is 63.6 Å².